The standard InChI is InChI=1S/2C18H36O2.C4H10N2O/c2*1-2-3-4-5-6-7-8-9-10-11-12-13-14-15-16-17-18(19)20;1-2-6-3-4(5)7/h2*2-17H2,1H3,(H,19,20);6H,2-3H2,1H3,(H2,5,7). The van der Waals surface area contributed by atoms with Crippen molar-refractivity contribution in [1.82, 2.24) is 5.32 Å². The maximum absolute atomic E-state index is 10.3. The first-order valence-electron chi connectivity index (χ1n) is 20.2. The third kappa shape index (κ3) is 60.2. The third-order valence-corrected chi connectivity index (χ3v) is 8.54. The number of nitrogens with two attached hydrogens (primary N) is 1. The van der Waals surface area contributed by atoms with Crippen molar-refractivity contribution in [2.45, 2.75) is 226 Å². The van der Waals surface area contributed by atoms with Gasteiger partial charge in [0.05, 0.1) is 6.54 Å². The number of carboxylic acid groups (broad SMARTS) is 2. The summed E-state index contributed by atoms with van der Waals surface area (Å²) in [5, 5.41) is 19.8. The van der Waals surface area contributed by atoms with Crippen molar-refractivity contribution < 1.29 is 24.6 Å². The van der Waals surface area contributed by atoms with E-state index in [1.165, 1.54) is 167 Å². The molecule has 0 aliphatic heterocycles. The first kappa shape index (κ1) is 49.8. The van der Waals surface area contributed by atoms with Crippen molar-refractivity contribution in [2.24, 2.45) is 5.73 Å². The highest BCUT2D eigenvalue weighted by atomic mass is 16.4. The monoisotopic (exact) mass is 671 g/mol. The minimum absolute atomic E-state index is 0.288. The molecule has 1 amide bonds. The number of hydrogen-bond acceptors (Lipinski definition) is 4. The van der Waals surface area contributed by atoms with Crippen LogP contribution in [0.4, 0.5) is 0 Å². The van der Waals surface area contributed by atoms with Gasteiger partial charge in [0.1, 0.15) is 0 Å². The minimum Gasteiger partial charge on any atom is -0.481 e. The summed E-state index contributed by atoms with van der Waals surface area (Å²) in [6.45, 7) is 7.54. The molecule has 0 fully saturated rings. The van der Waals surface area contributed by atoms with Crippen molar-refractivity contribution in [2.75, 3.05) is 13.1 Å². The van der Waals surface area contributed by atoms with Gasteiger partial charge in [-0.1, -0.05) is 201 Å². The second-order valence-electron chi connectivity index (χ2n) is 13.4. The summed E-state index contributed by atoms with van der Waals surface area (Å²) in [5.74, 6) is -1.61. The van der Waals surface area contributed by atoms with Crippen molar-refractivity contribution in [3.05, 3.63) is 0 Å². The van der Waals surface area contributed by atoms with Crippen LogP contribution in [-0.4, -0.2) is 41.1 Å². The Morgan fingerprint density at radius 1 is 0.404 bits per heavy atom. The number of aliphatic carboxylic acids is 2. The molecule has 0 rings (SSSR count). The summed E-state index contributed by atoms with van der Waals surface area (Å²) in [7, 11) is 0. The number of amides is 1. The van der Waals surface area contributed by atoms with Crippen LogP contribution in [0.25, 0.3) is 0 Å². The Morgan fingerprint density at radius 3 is 0.766 bits per heavy atom. The molecule has 5 N–H and O–H groups in total. The molecule has 0 aromatic carbocycles. The van der Waals surface area contributed by atoms with E-state index in [2.05, 4.69) is 19.2 Å². The van der Waals surface area contributed by atoms with Gasteiger partial charge in [-0.2, -0.15) is 0 Å². The first-order valence-corrected chi connectivity index (χ1v) is 20.2. The van der Waals surface area contributed by atoms with Crippen LogP contribution >= 0.6 is 0 Å². The van der Waals surface area contributed by atoms with Crippen molar-refractivity contribution >= 4 is 17.8 Å². The zero-order valence-electron chi connectivity index (χ0n) is 31.7. The maximum atomic E-state index is 10.3. The van der Waals surface area contributed by atoms with Gasteiger partial charge in [-0.25, -0.2) is 0 Å². The Hall–Kier alpha value is -1.63. The highest BCUT2D eigenvalue weighted by molar-refractivity contribution is 5.75. The predicted molar refractivity (Wildman–Crippen MR) is 202 cm³/mol. The molecule has 0 atom stereocenters. The number of carbonyl (C=O) groups is 3. The van der Waals surface area contributed by atoms with E-state index in [1.807, 2.05) is 6.92 Å². The molecule has 0 aliphatic carbocycles. The second kappa shape index (κ2) is 46.5. The van der Waals surface area contributed by atoms with E-state index in [0.29, 0.717) is 12.8 Å². The average Bonchev–Trinajstić information content (AvgIpc) is 3.04. The molecular formula is C40H82N2O5. The average molecular weight is 671 g/mol. The minimum atomic E-state index is -0.653. The van der Waals surface area contributed by atoms with Gasteiger partial charge in [-0.05, 0) is 19.4 Å². The number of likely N-dealkylation sites (N-methyl/N-ethyl adjacent to an activating group) is 1. The number of rotatable bonds is 35. The summed E-state index contributed by atoms with van der Waals surface area (Å²) in [6.07, 6.45) is 40.4. The number of hydrogen-bond donors (Lipinski definition) is 4. The lowest BCUT2D eigenvalue weighted by atomic mass is 10.0. The van der Waals surface area contributed by atoms with E-state index < -0.39 is 11.9 Å². The molecule has 0 radical (unpaired) electrons. The Bertz CT molecular complexity index is 586. The van der Waals surface area contributed by atoms with E-state index in [9.17, 15) is 14.4 Å². The van der Waals surface area contributed by atoms with Crippen molar-refractivity contribution in [3.8, 4) is 0 Å². The normalized spacial score (nSPS) is 10.5. The van der Waals surface area contributed by atoms with Crippen LogP contribution in [0, 0.1) is 0 Å². The van der Waals surface area contributed by atoms with Gasteiger partial charge in [0.15, 0.2) is 0 Å². The zero-order valence-corrected chi connectivity index (χ0v) is 31.7. The summed E-state index contributed by atoms with van der Waals surface area (Å²) in [4.78, 5) is 30.6. The van der Waals surface area contributed by atoms with Gasteiger partial charge in [-0.3, -0.25) is 14.4 Å². The van der Waals surface area contributed by atoms with Crippen LogP contribution in [0.2, 0.25) is 0 Å². The van der Waals surface area contributed by atoms with Crippen LogP contribution in [-0.2, 0) is 14.4 Å². The molecule has 47 heavy (non-hydrogen) atoms. The topological polar surface area (TPSA) is 130 Å². The fraction of sp³-hybridized carbons (Fsp3) is 0.925. The van der Waals surface area contributed by atoms with Crippen molar-refractivity contribution in [3.63, 3.8) is 0 Å². The molecule has 0 aromatic rings. The lowest BCUT2D eigenvalue weighted by Gasteiger charge is -2.03. The van der Waals surface area contributed by atoms with Crippen molar-refractivity contribution in [1.29, 1.82) is 0 Å². The predicted octanol–water partition coefficient (Wildman–Crippen LogP) is 11.7. The number of unbranched alkanes of at least 4 members (excludes halogenated alkanes) is 28. The van der Waals surface area contributed by atoms with Gasteiger partial charge >= 0.3 is 11.9 Å². The Kier molecular flexibility index (Phi) is 49.2. The fourth-order valence-electron chi connectivity index (χ4n) is 5.54. The van der Waals surface area contributed by atoms with Gasteiger partial charge in [0.25, 0.3) is 0 Å². The van der Waals surface area contributed by atoms with E-state index >= 15 is 0 Å². The largest absolute Gasteiger partial charge is 0.481 e. The van der Waals surface area contributed by atoms with E-state index in [1.54, 1.807) is 0 Å². The van der Waals surface area contributed by atoms with Crippen LogP contribution in [0.1, 0.15) is 226 Å². The molecule has 0 saturated carbocycles. The third-order valence-electron chi connectivity index (χ3n) is 8.54. The molecule has 0 spiro atoms. The molecule has 282 valence electrons. The lowest BCUT2D eigenvalue weighted by molar-refractivity contribution is -0.138. The molecule has 0 saturated heterocycles. The Morgan fingerprint density at radius 2 is 0.617 bits per heavy atom. The highest BCUT2D eigenvalue weighted by Crippen LogP contribution is 2.15. The molecule has 0 bridgehead atoms. The fourth-order valence-corrected chi connectivity index (χ4v) is 5.54. The summed E-state index contributed by atoms with van der Waals surface area (Å²) in [6, 6.07) is 0. The molecule has 0 aliphatic rings. The molecular weight excluding hydrogens is 588 g/mol. The summed E-state index contributed by atoms with van der Waals surface area (Å²) < 4.78 is 0. The number of carboxylic acids is 2. The van der Waals surface area contributed by atoms with E-state index in [4.69, 9.17) is 15.9 Å². The second-order valence-corrected chi connectivity index (χ2v) is 13.4. The molecule has 0 heterocycles. The number of carbonyl (C=O) groups excluding carboxylic acids is 1. The van der Waals surface area contributed by atoms with Crippen LogP contribution in [0.15, 0.2) is 0 Å². The van der Waals surface area contributed by atoms with Gasteiger partial charge in [0, 0.05) is 12.8 Å². The molecule has 7 nitrogen and oxygen atoms in total. The number of primary amides is 1. The summed E-state index contributed by atoms with van der Waals surface area (Å²) in [5.41, 5.74) is 4.78. The smallest absolute Gasteiger partial charge is 0.303 e. The maximum Gasteiger partial charge on any atom is 0.303 e. The van der Waals surface area contributed by atoms with E-state index in [0.717, 1.165) is 32.2 Å². The molecule has 0 unspecified atom stereocenters. The number of nitrogens with one attached hydrogen (secondary N) is 1. The van der Waals surface area contributed by atoms with Gasteiger partial charge in [-0.15, -0.1) is 0 Å². The quantitative estimate of drug-likeness (QED) is 0.0496. The Balaban J connectivity index is -0.000000685. The first-order chi connectivity index (χ1) is 22.8. The van der Waals surface area contributed by atoms with Gasteiger partial charge in [0.2, 0.25) is 5.91 Å². The van der Waals surface area contributed by atoms with E-state index in [-0.39, 0.29) is 12.5 Å². The zero-order chi connectivity index (χ0) is 35.5. The van der Waals surface area contributed by atoms with Crippen LogP contribution in [0.5, 0.6) is 0 Å². The van der Waals surface area contributed by atoms with Crippen LogP contribution < -0.4 is 11.1 Å². The molecule has 7 heteroatoms. The Labute approximate surface area is 292 Å². The summed E-state index contributed by atoms with van der Waals surface area (Å²) >= 11 is 0. The SMILES string of the molecule is CCCCCCCCCCCCCCCCCC(=O)O.CCCCCCCCCCCCCCCCCC(=O)O.CCNCC(N)=O. The van der Waals surface area contributed by atoms with Crippen LogP contribution in [0.3, 0.4) is 0 Å². The van der Waals surface area contributed by atoms with Gasteiger partial charge < -0.3 is 21.3 Å². The lowest BCUT2D eigenvalue weighted by Crippen LogP contribution is -2.28. The molecule has 0 aromatic heterocycles. The highest BCUT2D eigenvalue weighted by Gasteiger charge is 1.98.